The lowest BCUT2D eigenvalue weighted by Gasteiger charge is -2.23. The molecule has 1 aromatic rings. The van der Waals surface area contributed by atoms with Gasteiger partial charge in [-0.15, -0.1) is 0 Å². The highest BCUT2D eigenvalue weighted by Crippen LogP contribution is 2.25. The third kappa shape index (κ3) is 3.25. The van der Waals surface area contributed by atoms with Gasteiger partial charge in [-0.3, -0.25) is 4.98 Å². The Balaban J connectivity index is 1.96. The van der Waals surface area contributed by atoms with Crippen LogP contribution in [-0.2, 0) is 11.3 Å². The lowest BCUT2D eigenvalue weighted by Crippen LogP contribution is -2.37. The molecule has 1 aliphatic heterocycles. The van der Waals surface area contributed by atoms with E-state index >= 15 is 0 Å². The number of nitrogens with one attached hydrogen (secondary N) is 1. The number of nitrogens with zero attached hydrogens (tertiary/aromatic N) is 1. The van der Waals surface area contributed by atoms with E-state index in [4.69, 9.17) is 9.47 Å². The molecule has 1 fully saturated rings. The summed E-state index contributed by atoms with van der Waals surface area (Å²) in [6.45, 7) is 8.75. The topological polar surface area (TPSA) is 43.4 Å². The first kappa shape index (κ1) is 14.3. The van der Waals surface area contributed by atoms with Crippen LogP contribution in [0.1, 0.15) is 36.6 Å². The highest BCUT2D eigenvalue weighted by atomic mass is 16.5. The molecule has 0 aliphatic carbocycles. The SMILES string of the molecule is COc1c(C)cnc(CNCC2(C)CCCO2)c1C. The molecule has 1 aliphatic rings. The fourth-order valence-electron chi connectivity index (χ4n) is 2.67. The number of hydrogen-bond acceptors (Lipinski definition) is 4. The first-order chi connectivity index (χ1) is 9.06. The van der Waals surface area contributed by atoms with Gasteiger partial charge in [0.2, 0.25) is 0 Å². The second-order valence-electron chi connectivity index (χ2n) is 5.55. The third-order valence-corrected chi connectivity index (χ3v) is 3.84. The zero-order valence-corrected chi connectivity index (χ0v) is 12.4. The lowest BCUT2D eigenvalue weighted by atomic mass is 10.0. The van der Waals surface area contributed by atoms with Crippen LogP contribution < -0.4 is 10.1 Å². The van der Waals surface area contributed by atoms with Crippen molar-refractivity contribution in [3.8, 4) is 5.75 Å². The van der Waals surface area contributed by atoms with Gasteiger partial charge in [0.15, 0.2) is 0 Å². The van der Waals surface area contributed by atoms with Gasteiger partial charge in [-0.25, -0.2) is 0 Å². The van der Waals surface area contributed by atoms with E-state index in [0.29, 0.717) is 0 Å². The first-order valence-electron chi connectivity index (χ1n) is 6.89. The average molecular weight is 264 g/mol. The molecule has 1 atom stereocenters. The minimum atomic E-state index is -0.0112. The van der Waals surface area contributed by atoms with E-state index in [1.807, 2.05) is 13.1 Å². The molecule has 1 unspecified atom stereocenters. The number of methoxy groups -OCH3 is 1. The highest BCUT2D eigenvalue weighted by molar-refractivity contribution is 5.40. The van der Waals surface area contributed by atoms with Gasteiger partial charge in [0.25, 0.3) is 0 Å². The molecular weight excluding hydrogens is 240 g/mol. The van der Waals surface area contributed by atoms with Crippen LogP contribution in [0.25, 0.3) is 0 Å². The van der Waals surface area contributed by atoms with Crippen molar-refractivity contribution in [2.45, 2.75) is 45.8 Å². The van der Waals surface area contributed by atoms with Crippen molar-refractivity contribution in [3.05, 3.63) is 23.0 Å². The summed E-state index contributed by atoms with van der Waals surface area (Å²) in [7, 11) is 1.71. The minimum absolute atomic E-state index is 0.0112. The van der Waals surface area contributed by atoms with E-state index in [0.717, 1.165) is 55.1 Å². The predicted molar refractivity (Wildman–Crippen MR) is 75.6 cm³/mol. The largest absolute Gasteiger partial charge is 0.496 e. The summed E-state index contributed by atoms with van der Waals surface area (Å²) in [5.74, 6) is 0.940. The molecule has 0 radical (unpaired) electrons. The van der Waals surface area contributed by atoms with Crippen molar-refractivity contribution in [2.24, 2.45) is 0 Å². The summed E-state index contributed by atoms with van der Waals surface area (Å²) in [6.07, 6.45) is 4.16. The number of rotatable bonds is 5. The number of pyridine rings is 1. The van der Waals surface area contributed by atoms with Crippen LogP contribution in [0.2, 0.25) is 0 Å². The fraction of sp³-hybridized carbons (Fsp3) is 0.667. The van der Waals surface area contributed by atoms with Gasteiger partial charge in [-0.2, -0.15) is 0 Å². The Hall–Kier alpha value is -1.13. The van der Waals surface area contributed by atoms with Gasteiger partial charge in [-0.1, -0.05) is 0 Å². The van der Waals surface area contributed by atoms with Crippen molar-refractivity contribution < 1.29 is 9.47 Å². The first-order valence-corrected chi connectivity index (χ1v) is 6.89. The van der Waals surface area contributed by atoms with Crippen LogP contribution in [0.3, 0.4) is 0 Å². The van der Waals surface area contributed by atoms with Crippen molar-refractivity contribution in [3.63, 3.8) is 0 Å². The molecule has 2 rings (SSSR count). The van der Waals surface area contributed by atoms with E-state index in [1.165, 1.54) is 0 Å². The smallest absolute Gasteiger partial charge is 0.128 e. The van der Waals surface area contributed by atoms with Gasteiger partial charge < -0.3 is 14.8 Å². The quantitative estimate of drug-likeness (QED) is 0.886. The van der Waals surface area contributed by atoms with E-state index in [-0.39, 0.29) is 5.60 Å². The maximum absolute atomic E-state index is 5.77. The van der Waals surface area contributed by atoms with Gasteiger partial charge >= 0.3 is 0 Å². The van der Waals surface area contributed by atoms with Crippen LogP contribution in [0.15, 0.2) is 6.20 Å². The Morgan fingerprint density at radius 2 is 2.26 bits per heavy atom. The Morgan fingerprint density at radius 3 is 2.89 bits per heavy atom. The molecule has 0 aromatic carbocycles. The number of aryl methyl sites for hydroxylation is 1. The standard InChI is InChI=1S/C15H24N2O2/c1-11-8-17-13(12(2)14(11)18-4)9-16-10-15(3)6-5-7-19-15/h8,16H,5-7,9-10H2,1-4H3. The van der Waals surface area contributed by atoms with Crippen LogP contribution in [0.4, 0.5) is 0 Å². The second kappa shape index (κ2) is 5.88. The summed E-state index contributed by atoms with van der Waals surface area (Å²) in [6, 6.07) is 0. The summed E-state index contributed by atoms with van der Waals surface area (Å²) in [5, 5.41) is 3.45. The highest BCUT2D eigenvalue weighted by Gasteiger charge is 2.29. The molecule has 0 amide bonds. The van der Waals surface area contributed by atoms with Gasteiger partial charge in [0.05, 0.1) is 18.4 Å². The molecule has 106 valence electrons. The van der Waals surface area contributed by atoms with E-state index < -0.39 is 0 Å². The van der Waals surface area contributed by atoms with Crippen molar-refractivity contribution >= 4 is 0 Å². The Labute approximate surface area is 115 Å². The molecule has 2 heterocycles. The van der Waals surface area contributed by atoms with Crippen molar-refractivity contribution in [1.82, 2.24) is 10.3 Å². The number of hydrogen-bond donors (Lipinski definition) is 1. The Kier molecular flexibility index (Phi) is 4.42. The van der Waals surface area contributed by atoms with Crippen LogP contribution >= 0.6 is 0 Å². The Bertz CT molecular complexity index is 440. The number of ether oxygens (including phenoxy) is 2. The van der Waals surface area contributed by atoms with E-state index in [2.05, 4.69) is 24.1 Å². The van der Waals surface area contributed by atoms with Crippen LogP contribution in [0, 0.1) is 13.8 Å². The van der Waals surface area contributed by atoms with Crippen molar-refractivity contribution in [2.75, 3.05) is 20.3 Å². The van der Waals surface area contributed by atoms with Gasteiger partial charge in [0, 0.05) is 37.0 Å². The zero-order valence-electron chi connectivity index (χ0n) is 12.4. The molecule has 1 N–H and O–H groups in total. The van der Waals surface area contributed by atoms with Crippen LogP contribution in [0.5, 0.6) is 5.75 Å². The molecular formula is C15H24N2O2. The summed E-state index contributed by atoms with van der Waals surface area (Å²) in [5.41, 5.74) is 3.23. The molecule has 1 aromatic heterocycles. The summed E-state index contributed by atoms with van der Waals surface area (Å²) < 4.78 is 11.2. The summed E-state index contributed by atoms with van der Waals surface area (Å²) >= 11 is 0. The molecule has 0 saturated carbocycles. The second-order valence-corrected chi connectivity index (χ2v) is 5.55. The molecule has 4 heteroatoms. The predicted octanol–water partition coefficient (Wildman–Crippen LogP) is 2.37. The van der Waals surface area contributed by atoms with Gasteiger partial charge in [0.1, 0.15) is 5.75 Å². The molecule has 0 bridgehead atoms. The van der Waals surface area contributed by atoms with Crippen molar-refractivity contribution in [1.29, 1.82) is 0 Å². The molecule has 0 spiro atoms. The summed E-state index contributed by atoms with van der Waals surface area (Å²) in [4.78, 5) is 4.49. The van der Waals surface area contributed by atoms with E-state index in [9.17, 15) is 0 Å². The maximum Gasteiger partial charge on any atom is 0.128 e. The number of aromatic nitrogens is 1. The lowest BCUT2D eigenvalue weighted by molar-refractivity contribution is 0.0206. The van der Waals surface area contributed by atoms with E-state index in [1.54, 1.807) is 7.11 Å². The fourth-order valence-corrected chi connectivity index (χ4v) is 2.67. The monoisotopic (exact) mass is 264 g/mol. The van der Waals surface area contributed by atoms with Crippen LogP contribution in [-0.4, -0.2) is 30.8 Å². The minimum Gasteiger partial charge on any atom is -0.496 e. The normalized spacial score (nSPS) is 22.7. The molecule has 1 saturated heterocycles. The zero-order chi connectivity index (χ0) is 13.9. The third-order valence-electron chi connectivity index (χ3n) is 3.84. The average Bonchev–Trinajstić information content (AvgIpc) is 2.80. The van der Waals surface area contributed by atoms with Gasteiger partial charge in [-0.05, 0) is 33.6 Å². The maximum atomic E-state index is 5.77. The molecule has 4 nitrogen and oxygen atoms in total. The molecule has 19 heavy (non-hydrogen) atoms. The Morgan fingerprint density at radius 1 is 1.47 bits per heavy atom.